The Bertz CT molecular complexity index is 1700. The zero-order valence-corrected chi connectivity index (χ0v) is 21.5. The highest BCUT2D eigenvalue weighted by Crippen LogP contribution is 2.38. The van der Waals surface area contributed by atoms with Crippen LogP contribution >= 0.6 is 18.7 Å². The Hall–Kier alpha value is -4.20. The number of fused-ring (bicyclic) bond motifs is 1. The largest absolute Gasteiger partial charge is 0.478 e. The number of aromatic carboxylic acids is 1. The Morgan fingerprint density at radius 1 is 1.03 bits per heavy atom. The minimum atomic E-state index is -2.54. The van der Waals surface area contributed by atoms with E-state index in [-0.39, 0.29) is 5.56 Å². The van der Waals surface area contributed by atoms with Crippen LogP contribution in [0, 0.1) is 0 Å². The van der Waals surface area contributed by atoms with Gasteiger partial charge in [0.15, 0.2) is 5.82 Å². The van der Waals surface area contributed by atoms with Gasteiger partial charge in [-0.3, -0.25) is 5.10 Å². The van der Waals surface area contributed by atoms with E-state index < -0.39 is 13.1 Å². The highest BCUT2D eigenvalue weighted by atomic mass is 35.5. The number of aromatic amines is 1. The molecule has 37 heavy (non-hydrogen) atoms. The summed E-state index contributed by atoms with van der Waals surface area (Å²) in [6.07, 6.45) is 1.48. The van der Waals surface area contributed by atoms with Crippen molar-refractivity contribution in [2.45, 2.75) is 0 Å². The Kier molecular flexibility index (Phi) is 6.41. The summed E-state index contributed by atoms with van der Waals surface area (Å²) in [7, 11) is -2.54. The van der Waals surface area contributed by atoms with Crippen LogP contribution in [0.3, 0.4) is 0 Å². The Morgan fingerprint density at radius 3 is 2.62 bits per heavy atom. The number of hydrogen-bond acceptors (Lipinski definition) is 7. The summed E-state index contributed by atoms with van der Waals surface area (Å²) in [6, 6.07) is 19.5. The number of aromatic nitrogens is 4. The normalized spacial score (nSPS) is 11.4. The summed E-state index contributed by atoms with van der Waals surface area (Å²) >= 11 is 6.36. The van der Waals surface area contributed by atoms with E-state index in [0.29, 0.717) is 44.7 Å². The molecule has 0 saturated carbocycles. The van der Waals surface area contributed by atoms with Crippen molar-refractivity contribution in [3.63, 3.8) is 0 Å². The minimum absolute atomic E-state index is 0.182. The predicted octanol–water partition coefficient (Wildman–Crippen LogP) is 6.11. The summed E-state index contributed by atoms with van der Waals surface area (Å²) in [4.78, 5) is 20.2. The lowest BCUT2D eigenvalue weighted by Gasteiger charge is -2.15. The molecule has 0 saturated heterocycles. The molecule has 5 aromatic rings. The van der Waals surface area contributed by atoms with E-state index in [1.165, 1.54) is 12.3 Å². The highest BCUT2D eigenvalue weighted by Gasteiger charge is 2.17. The molecular weight excluding hydrogens is 511 g/mol. The monoisotopic (exact) mass is 532 g/mol. The molecule has 2 aromatic heterocycles. The molecule has 9 nitrogen and oxygen atoms in total. The number of anilines is 4. The zero-order valence-electron chi connectivity index (χ0n) is 19.9. The van der Waals surface area contributed by atoms with Gasteiger partial charge in [-0.15, -0.1) is 0 Å². The molecule has 186 valence electrons. The van der Waals surface area contributed by atoms with Crippen LogP contribution in [0.5, 0.6) is 0 Å². The van der Waals surface area contributed by atoms with E-state index in [9.17, 15) is 14.5 Å². The van der Waals surface area contributed by atoms with Crippen molar-refractivity contribution in [3.05, 3.63) is 83.5 Å². The Balaban J connectivity index is 1.46. The van der Waals surface area contributed by atoms with Crippen LogP contribution in [0.4, 0.5) is 23.1 Å². The van der Waals surface area contributed by atoms with Crippen molar-refractivity contribution in [2.24, 2.45) is 0 Å². The van der Waals surface area contributed by atoms with E-state index >= 15 is 0 Å². The number of carboxylic acids is 1. The number of hydrogen-bond donors (Lipinski definition) is 4. The second-order valence-electron chi connectivity index (χ2n) is 8.73. The molecule has 3 aromatic carbocycles. The fourth-order valence-electron chi connectivity index (χ4n) is 3.93. The van der Waals surface area contributed by atoms with Crippen LogP contribution in [0.25, 0.3) is 22.2 Å². The molecule has 0 bridgehead atoms. The van der Waals surface area contributed by atoms with Gasteiger partial charge in [-0.2, -0.15) is 10.1 Å². The van der Waals surface area contributed by atoms with Crippen molar-refractivity contribution >= 4 is 64.1 Å². The van der Waals surface area contributed by atoms with E-state index in [1.54, 1.807) is 25.5 Å². The maximum Gasteiger partial charge on any atom is 0.335 e. The summed E-state index contributed by atoms with van der Waals surface area (Å²) < 4.78 is 12.7. The third-order valence-electron chi connectivity index (χ3n) is 5.68. The maximum absolute atomic E-state index is 12.7. The average Bonchev–Trinajstić information content (AvgIpc) is 3.29. The molecule has 4 N–H and O–H groups in total. The van der Waals surface area contributed by atoms with Crippen LogP contribution in [-0.4, -0.2) is 44.6 Å². The van der Waals surface area contributed by atoms with Crippen molar-refractivity contribution in [1.82, 2.24) is 20.2 Å². The predicted molar refractivity (Wildman–Crippen MR) is 148 cm³/mol. The van der Waals surface area contributed by atoms with Gasteiger partial charge in [0.25, 0.3) is 0 Å². The van der Waals surface area contributed by atoms with Crippen LogP contribution in [0.1, 0.15) is 10.4 Å². The second-order valence-corrected chi connectivity index (χ2v) is 12.3. The molecule has 0 spiro atoms. The standard InChI is InChI=1S/C26H22ClN6O3P/c1-37(2,36)22-9-4-3-8-21(22)30-24-19(27)14-28-26(31-24)29-17-10-11-20-18(13-17)23(33-32-20)15-6-5-7-16(12-15)25(34)35/h3-14H,1-2H3,(H,32,33)(H,34,35)(H2,28,29,30,31). The van der Waals surface area contributed by atoms with Crippen LogP contribution < -0.4 is 15.9 Å². The van der Waals surface area contributed by atoms with Gasteiger partial charge in [-0.05, 0) is 55.8 Å². The number of halogens is 1. The molecule has 0 aliphatic rings. The molecular formula is C26H22ClN6O3P. The molecule has 5 rings (SSSR count). The van der Waals surface area contributed by atoms with E-state index in [4.69, 9.17) is 11.6 Å². The van der Waals surface area contributed by atoms with E-state index in [2.05, 4.69) is 30.8 Å². The molecule has 0 fully saturated rings. The highest BCUT2D eigenvalue weighted by molar-refractivity contribution is 7.70. The Labute approximate surface area is 217 Å². The molecule has 0 amide bonds. The average molecular weight is 533 g/mol. The maximum atomic E-state index is 12.7. The molecule has 2 heterocycles. The number of carbonyl (C=O) groups is 1. The van der Waals surface area contributed by atoms with Gasteiger partial charge >= 0.3 is 5.97 Å². The zero-order chi connectivity index (χ0) is 26.2. The molecule has 0 aliphatic heterocycles. The Morgan fingerprint density at radius 2 is 1.84 bits per heavy atom. The number of carboxylic acid groups (broad SMARTS) is 1. The van der Waals surface area contributed by atoms with Gasteiger partial charge in [-0.25, -0.2) is 9.78 Å². The van der Waals surface area contributed by atoms with Gasteiger partial charge in [0.1, 0.15) is 12.2 Å². The first-order chi connectivity index (χ1) is 17.7. The number of nitrogens with zero attached hydrogens (tertiary/aromatic N) is 3. The van der Waals surface area contributed by atoms with Gasteiger partial charge in [-0.1, -0.05) is 35.9 Å². The van der Waals surface area contributed by atoms with Gasteiger partial charge in [0.05, 0.1) is 28.7 Å². The second kappa shape index (κ2) is 9.69. The third-order valence-corrected chi connectivity index (χ3v) is 7.51. The first-order valence-electron chi connectivity index (χ1n) is 11.2. The number of H-pyrrole nitrogens is 1. The topological polar surface area (TPSA) is 133 Å². The van der Waals surface area contributed by atoms with Gasteiger partial charge in [0.2, 0.25) is 5.95 Å². The first kappa shape index (κ1) is 24.5. The van der Waals surface area contributed by atoms with Crippen molar-refractivity contribution < 1.29 is 14.5 Å². The third kappa shape index (κ3) is 5.18. The molecule has 0 radical (unpaired) electrons. The van der Waals surface area contributed by atoms with Crippen molar-refractivity contribution in [3.8, 4) is 11.3 Å². The molecule has 0 aliphatic carbocycles. The summed E-state index contributed by atoms with van der Waals surface area (Å²) in [6.45, 7) is 3.42. The SMILES string of the molecule is CP(C)(=O)c1ccccc1Nc1nc(Nc2ccc3[nH]nc(-c4cccc(C(=O)O)c4)c3c2)ncc1Cl. The van der Waals surface area contributed by atoms with Crippen LogP contribution in [0.2, 0.25) is 5.02 Å². The van der Waals surface area contributed by atoms with Crippen LogP contribution in [0.15, 0.2) is 72.9 Å². The number of benzene rings is 3. The smallest absolute Gasteiger partial charge is 0.335 e. The lowest BCUT2D eigenvalue weighted by molar-refractivity contribution is 0.0697. The summed E-state index contributed by atoms with van der Waals surface area (Å²) in [5.74, 6) is -0.329. The van der Waals surface area contributed by atoms with Gasteiger partial charge in [0, 0.05) is 21.9 Å². The number of nitrogens with one attached hydrogen (secondary N) is 3. The molecule has 11 heteroatoms. The van der Waals surface area contributed by atoms with E-state index in [0.717, 1.165) is 10.9 Å². The fraction of sp³-hybridized carbons (Fsp3) is 0.0769. The number of para-hydroxylation sites is 1. The molecule has 0 unspecified atom stereocenters. The number of rotatable bonds is 7. The summed E-state index contributed by atoms with van der Waals surface area (Å²) in [5.41, 5.74) is 3.64. The first-order valence-corrected chi connectivity index (χ1v) is 14.2. The lowest BCUT2D eigenvalue weighted by atomic mass is 10.0. The van der Waals surface area contributed by atoms with Crippen LogP contribution in [-0.2, 0) is 4.57 Å². The fourth-order valence-corrected chi connectivity index (χ4v) is 5.23. The summed E-state index contributed by atoms with van der Waals surface area (Å²) in [5, 5.41) is 24.9. The van der Waals surface area contributed by atoms with Crippen molar-refractivity contribution in [1.29, 1.82) is 0 Å². The minimum Gasteiger partial charge on any atom is -0.478 e. The van der Waals surface area contributed by atoms with Crippen molar-refractivity contribution in [2.75, 3.05) is 24.0 Å². The molecule has 0 atom stereocenters. The quantitative estimate of drug-likeness (QED) is 0.185. The van der Waals surface area contributed by atoms with E-state index in [1.807, 2.05) is 48.5 Å². The lowest BCUT2D eigenvalue weighted by Crippen LogP contribution is -2.10. The van der Waals surface area contributed by atoms with Gasteiger partial charge < -0.3 is 20.3 Å².